The molecule has 0 bridgehead atoms. The maximum Gasteiger partial charge on any atom is 0.309 e. The standard InChI is InChI=1S/C11H18O2/c1-8-6-7-10(11(12)13-8)9-4-2-3-5-9/h8-10H,2-7H2,1H3. The van der Waals surface area contributed by atoms with Gasteiger partial charge in [-0.05, 0) is 38.5 Å². The number of hydrogen-bond acceptors (Lipinski definition) is 2. The second-order valence-electron chi connectivity index (χ2n) is 4.48. The van der Waals surface area contributed by atoms with E-state index in [1.807, 2.05) is 6.92 Å². The van der Waals surface area contributed by atoms with Crippen LogP contribution >= 0.6 is 0 Å². The smallest absolute Gasteiger partial charge is 0.309 e. The first-order valence-corrected chi connectivity index (χ1v) is 5.48. The summed E-state index contributed by atoms with van der Waals surface area (Å²) >= 11 is 0. The first-order chi connectivity index (χ1) is 6.27. The Bertz CT molecular complexity index is 194. The number of ether oxygens (including phenoxy) is 1. The average Bonchev–Trinajstić information content (AvgIpc) is 2.56. The largest absolute Gasteiger partial charge is 0.462 e. The fourth-order valence-electron chi connectivity index (χ4n) is 2.66. The van der Waals surface area contributed by atoms with Crippen LogP contribution in [0, 0.1) is 11.8 Å². The van der Waals surface area contributed by atoms with Gasteiger partial charge >= 0.3 is 5.97 Å². The van der Waals surface area contributed by atoms with Crippen LogP contribution in [0.15, 0.2) is 0 Å². The summed E-state index contributed by atoms with van der Waals surface area (Å²) in [5.41, 5.74) is 0. The van der Waals surface area contributed by atoms with Gasteiger partial charge in [0, 0.05) is 0 Å². The van der Waals surface area contributed by atoms with Gasteiger partial charge in [-0.1, -0.05) is 12.8 Å². The number of carbonyl (C=O) groups excluding carboxylic acids is 1. The SMILES string of the molecule is CC1CCC(C2CCCC2)C(=O)O1. The van der Waals surface area contributed by atoms with E-state index >= 15 is 0 Å². The molecule has 13 heavy (non-hydrogen) atoms. The minimum absolute atomic E-state index is 0.0747. The van der Waals surface area contributed by atoms with Crippen molar-refractivity contribution in [1.82, 2.24) is 0 Å². The average molecular weight is 182 g/mol. The van der Waals surface area contributed by atoms with Gasteiger partial charge in [-0.3, -0.25) is 4.79 Å². The molecule has 0 amide bonds. The number of cyclic esters (lactones) is 1. The molecule has 2 heteroatoms. The van der Waals surface area contributed by atoms with Crippen molar-refractivity contribution in [2.45, 2.75) is 51.6 Å². The molecule has 1 saturated heterocycles. The lowest BCUT2D eigenvalue weighted by Gasteiger charge is -2.29. The molecule has 2 fully saturated rings. The zero-order chi connectivity index (χ0) is 9.26. The highest BCUT2D eigenvalue weighted by Gasteiger charge is 2.35. The van der Waals surface area contributed by atoms with Gasteiger partial charge < -0.3 is 4.74 Å². The molecule has 0 spiro atoms. The quantitative estimate of drug-likeness (QED) is 0.582. The van der Waals surface area contributed by atoms with E-state index in [0.717, 1.165) is 12.8 Å². The lowest BCUT2D eigenvalue weighted by molar-refractivity contribution is -0.161. The van der Waals surface area contributed by atoms with E-state index in [9.17, 15) is 4.79 Å². The lowest BCUT2D eigenvalue weighted by Crippen LogP contribution is -2.33. The molecule has 1 saturated carbocycles. The number of rotatable bonds is 1. The van der Waals surface area contributed by atoms with Gasteiger partial charge in [0.15, 0.2) is 0 Å². The van der Waals surface area contributed by atoms with Crippen molar-refractivity contribution < 1.29 is 9.53 Å². The van der Waals surface area contributed by atoms with Gasteiger partial charge in [-0.2, -0.15) is 0 Å². The van der Waals surface area contributed by atoms with Crippen LogP contribution in [0.25, 0.3) is 0 Å². The maximum atomic E-state index is 11.6. The van der Waals surface area contributed by atoms with Crippen LogP contribution in [0.4, 0.5) is 0 Å². The molecule has 0 aromatic rings. The van der Waals surface area contributed by atoms with Crippen molar-refractivity contribution in [3.63, 3.8) is 0 Å². The summed E-state index contributed by atoms with van der Waals surface area (Å²) in [6.45, 7) is 1.99. The van der Waals surface area contributed by atoms with Gasteiger partial charge in [-0.15, -0.1) is 0 Å². The van der Waals surface area contributed by atoms with Crippen molar-refractivity contribution in [3.05, 3.63) is 0 Å². The van der Waals surface area contributed by atoms with Gasteiger partial charge in [0.2, 0.25) is 0 Å². The predicted molar refractivity (Wildman–Crippen MR) is 50.2 cm³/mol. The van der Waals surface area contributed by atoms with E-state index < -0.39 is 0 Å². The molecule has 2 rings (SSSR count). The fraction of sp³-hybridized carbons (Fsp3) is 0.909. The molecule has 74 valence electrons. The molecule has 2 unspecified atom stereocenters. The van der Waals surface area contributed by atoms with Crippen molar-refractivity contribution >= 4 is 5.97 Å². The molecule has 1 aliphatic heterocycles. The van der Waals surface area contributed by atoms with E-state index in [1.54, 1.807) is 0 Å². The third kappa shape index (κ3) is 1.87. The van der Waals surface area contributed by atoms with Gasteiger partial charge in [0.1, 0.15) is 0 Å². The van der Waals surface area contributed by atoms with Crippen molar-refractivity contribution in [2.75, 3.05) is 0 Å². The van der Waals surface area contributed by atoms with Crippen LogP contribution < -0.4 is 0 Å². The first-order valence-electron chi connectivity index (χ1n) is 5.48. The van der Waals surface area contributed by atoms with Gasteiger partial charge in [0.05, 0.1) is 12.0 Å². The summed E-state index contributed by atoms with van der Waals surface area (Å²) in [6, 6.07) is 0. The Kier molecular flexibility index (Phi) is 2.56. The molecule has 2 nitrogen and oxygen atoms in total. The van der Waals surface area contributed by atoms with Crippen molar-refractivity contribution in [1.29, 1.82) is 0 Å². The fourth-order valence-corrected chi connectivity index (χ4v) is 2.66. The van der Waals surface area contributed by atoms with Crippen LogP contribution in [-0.2, 0) is 9.53 Å². The van der Waals surface area contributed by atoms with Crippen LogP contribution in [0.5, 0.6) is 0 Å². The Morgan fingerprint density at radius 3 is 2.46 bits per heavy atom. The Hall–Kier alpha value is -0.530. The van der Waals surface area contributed by atoms with Crippen molar-refractivity contribution in [3.8, 4) is 0 Å². The molecule has 0 aromatic carbocycles. The second kappa shape index (κ2) is 3.69. The molecule has 0 radical (unpaired) electrons. The van der Waals surface area contributed by atoms with Crippen LogP contribution in [0.2, 0.25) is 0 Å². The van der Waals surface area contributed by atoms with E-state index in [1.165, 1.54) is 25.7 Å². The summed E-state index contributed by atoms with van der Waals surface area (Å²) in [5.74, 6) is 0.948. The van der Waals surface area contributed by atoms with Crippen LogP contribution in [0.3, 0.4) is 0 Å². The van der Waals surface area contributed by atoms with E-state index in [4.69, 9.17) is 4.74 Å². The Balaban J connectivity index is 1.95. The predicted octanol–water partition coefficient (Wildman–Crippen LogP) is 2.52. The summed E-state index contributed by atoms with van der Waals surface area (Å²) < 4.78 is 5.27. The number of carbonyl (C=O) groups is 1. The Morgan fingerprint density at radius 1 is 1.15 bits per heavy atom. The summed E-state index contributed by atoms with van der Waals surface area (Å²) in [5, 5.41) is 0. The third-order valence-corrected chi connectivity index (χ3v) is 3.47. The highest BCUT2D eigenvalue weighted by Crippen LogP contribution is 2.36. The van der Waals surface area contributed by atoms with Gasteiger partial charge in [0.25, 0.3) is 0 Å². The number of hydrogen-bond donors (Lipinski definition) is 0. The van der Waals surface area contributed by atoms with E-state index in [0.29, 0.717) is 5.92 Å². The Labute approximate surface area is 79.7 Å². The highest BCUT2D eigenvalue weighted by molar-refractivity contribution is 5.73. The summed E-state index contributed by atoms with van der Waals surface area (Å²) in [6.07, 6.45) is 7.39. The topological polar surface area (TPSA) is 26.3 Å². The first kappa shape index (κ1) is 9.04. The third-order valence-electron chi connectivity index (χ3n) is 3.47. The minimum atomic E-state index is 0.0747. The molecular formula is C11H18O2. The summed E-state index contributed by atoms with van der Waals surface area (Å²) in [4.78, 5) is 11.6. The molecule has 0 aromatic heterocycles. The molecule has 2 aliphatic rings. The minimum Gasteiger partial charge on any atom is -0.462 e. The molecule has 1 aliphatic carbocycles. The number of esters is 1. The van der Waals surface area contributed by atoms with Gasteiger partial charge in [-0.25, -0.2) is 0 Å². The monoisotopic (exact) mass is 182 g/mol. The van der Waals surface area contributed by atoms with Crippen LogP contribution in [-0.4, -0.2) is 12.1 Å². The normalized spacial score (nSPS) is 36.2. The molecule has 2 atom stereocenters. The maximum absolute atomic E-state index is 11.6. The highest BCUT2D eigenvalue weighted by atomic mass is 16.5. The summed E-state index contributed by atoms with van der Waals surface area (Å²) in [7, 11) is 0. The zero-order valence-electron chi connectivity index (χ0n) is 8.29. The van der Waals surface area contributed by atoms with Crippen LogP contribution in [0.1, 0.15) is 45.4 Å². The second-order valence-corrected chi connectivity index (χ2v) is 4.48. The zero-order valence-corrected chi connectivity index (χ0v) is 8.29. The van der Waals surface area contributed by atoms with E-state index in [-0.39, 0.29) is 18.0 Å². The Morgan fingerprint density at radius 2 is 1.85 bits per heavy atom. The molecule has 0 N–H and O–H groups in total. The lowest BCUT2D eigenvalue weighted by atomic mass is 9.85. The molecule has 1 heterocycles. The molecular weight excluding hydrogens is 164 g/mol. The van der Waals surface area contributed by atoms with Crippen molar-refractivity contribution in [2.24, 2.45) is 11.8 Å². The van der Waals surface area contributed by atoms with E-state index in [2.05, 4.69) is 0 Å².